The topological polar surface area (TPSA) is 74.1 Å². The molecule has 0 N–H and O–H groups in total. The SMILES string of the molecule is N#Cc1ccc(-c2ccccc2)nc1S[C@@H]1CC(=O)N(c2ccc(Cl)cc2)C1=O. The van der Waals surface area contributed by atoms with Crippen molar-refractivity contribution in [1.29, 1.82) is 5.26 Å². The van der Waals surface area contributed by atoms with Gasteiger partial charge in [-0.2, -0.15) is 5.26 Å². The molecule has 0 unspecified atom stereocenters. The fraction of sp³-hybridized carbons (Fsp3) is 0.0909. The predicted molar refractivity (Wildman–Crippen MR) is 113 cm³/mol. The molecule has 1 fully saturated rings. The molecule has 0 bridgehead atoms. The molecule has 1 saturated heterocycles. The van der Waals surface area contributed by atoms with Crippen molar-refractivity contribution in [3.05, 3.63) is 77.3 Å². The normalized spacial score (nSPS) is 16.1. The van der Waals surface area contributed by atoms with Crippen molar-refractivity contribution in [3.63, 3.8) is 0 Å². The summed E-state index contributed by atoms with van der Waals surface area (Å²) in [5.41, 5.74) is 2.48. The number of nitriles is 1. The van der Waals surface area contributed by atoms with Gasteiger partial charge in [0.05, 0.1) is 22.2 Å². The average Bonchev–Trinajstić information content (AvgIpc) is 3.02. The number of aromatic nitrogens is 1. The third-order valence-corrected chi connectivity index (χ3v) is 5.93. The smallest absolute Gasteiger partial charge is 0.247 e. The molecule has 3 aromatic rings. The number of pyridine rings is 1. The van der Waals surface area contributed by atoms with E-state index in [1.807, 2.05) is 30.3 Å². The number of rotatable bonds is 4. The van der Waals surface area contributed by atoms with Crippen molar-refractivity contribution in [1.82, 2.24) is 4.98 Å². The van der Waals surface area contributed by atoms with Crippen LogP contribution in [0.2, 0.25) is 5.02 Å². The highest BCUT2D eigenvalue weighted by Crippen LogP contribution is 2.35. The molecular weight excluding hydrogens is 406 g/mol. The van der Waals surface area contributed by atoms with Crippen molar-refractivity contribution >= 4 is 40.9 Å². The quantitative estimate of drug-likeness (QED) is 0.573. The number of carbonyl (C=O) groups excluding carboxylic acids is 2. The van der Waals surface area contributed by atoms with Crippen LogP contribution in [0.4, 0.5) is 5.69 Å². The standard InChI is InChI=1S/C22H14ClN3O2S/c23-16-7-9-17(10-8-16)26-20(27)12-19(22(26)28)29-21-15(13-24)6-11-18(25-21)14-4-2-1-3-5-14/h1-11,19H,12H2/t19-/m1/s1. The number of benzene rings is 2. The van der Waals surface area contributed by atoms with Gasteiger partial charge in [-0.15, -0.1) is 0 Å². The number of hydrogen-bond donors (Lipinski definition) is 0. The second-order valence-electron chi connectivity index (χ2n) is 6.38. The minimum atomic E-state index is -0.635. The molecule has 1 aliphatic heterocycles. The summed E-state index contributed by atoms with van der Waals surface area (Å²) in [6.45, 7) is 0. The summed E-state index contributed by atoms with van der Waals surface area (Å²) >= 11 is 7.05. The second kappa shape index (κ2) is 8.08. The van der Waals surface area contributed by atoms with Crippen LogP contribution in [-0.4, -0.2) is 22.0 Å². The van der Waals surface area contributed by atoms with Gasteiger partial charge < -0.3 is 0 Å². The van der Waals surface area contributed by atoms with E-state index in [2.05, 4.69) is 11.1 Å². The van der Waals surface area contributed by atoms with E-state index in [1.165, 1.54) is 4.90 Å². The molecule has 2 aromatic carbocycles. The fourth-order valence-corrected chi connectivity index (χ4v) is 4.30. The Bertz CT molecular complexity index is 1130. The largest absolute Gasteiger partial charge is 0.274 e. The minimum absolute atomic E-state index is 0.0498. The lowest BCUT2D eigenvalue weighted by molar-refractivity contribution is -0.121. The van der Waals surface area contributed by atoms with Crippen molar-refractivity contribution < 1.29 is 9.59 Å². The van der Waals surface area contributed by atoms with E-state index >= 15 is 0 Å². The number of carbonyl (C=O) groups is 2. The van der Waals surface area contributed by atoms with E-state index in [0.29, 0.717) is 27.0 Å². The van der Waals surface area contributed by atoms with Crippen molar-refractivity contribution in [2.75, 3.05) is 4.90 Å². The number of halogens is 1. The van der Waals surface area contributed by atoms with E-state index in [0.717, 1.165) is 17.3 Å². The highest BCUT2D eigenvalue weighted by Gasteiger charge is 2.40. The van der Waals surface area contributed by atoms with Crippen LogP contribution in [0.25, 0.3) is 11.3 Å². The number of nitrogens with zero attached hydrogens (tertiary/aromatic N) is 3. The zero-order valence-corrected chi connectivity index (χ0v) is 16.7. The van der Waals surface area contributed by atoms with Gasteiger partial charge in [0.25, 0.3) is 0 Å². The maximum Gasteiger partial charge on any atom is 0.247 e. The Morgan fingerprint density at radius 1 is 1.03 bits per heavy atom. The van der Waals surface area contributed by atoms with Crippen molar-refractivity contribution in [3.8, 4) is 17.3 Å². The lowest BCUT2D eigenvalue weighted by atomic mass is 10.1. The van der Waals surface area contributed by atoms with Gasteiger partial charge in [0.15, 0.2) is 0 Å². The number of amides is 2. The van der Waals surface area contributed by atoms with Crippen molar-refractivity contribution in [2.24, 2.45) is 0 Å². The third kappa shape index (κ3) is 3.88. The molecule has 0 spiro atoms. The van der Waals surface area contributed by atoms with Crippen LogP contribution in [0, 0.1) is 11.3 Å². The van der Waals surface area contributed by atoms with Crippen LogP contribution in [0.1, 0.15) is 12.0 Å². The molecule has 1 atom stereocenters. The number of hydrogen-bond acceptors (Lipinski definition) is 5. The Labute approximate surface area is 176 Å². The van der Waals surface area contributed by atoms with Crippen LogP contribution in [0.5, 0.6) is 0 Å². The molecule has 7 heteroatoms. The number of imide groups is 1. The Hall–Kier alpha value is -3.14. The molecule has 0 saturated carbocycles. The van der Waals surface area contributed by atoms with Crippen LogP contribution in [-0.2, 0) is 9.59 Å². The van der Waals surface area contributed by atoms with Gasteiger partial charge in [0.2, 0.25) is 11.8 Å². The molecule has 1 aromatic heterocycles. The zero-order valence-electron chi connectivity index (χ0n) is 15.1. The number of thioether (sulfide) groups is 1. The first-order chi connectivity index (χ1) is 14.1. The zero-order chi connectivity index (χ0) is 20.4. The van der Waals surface area contributed by atoms with E-state index in [4.69, 9.17) is 11.6 Å². The summed E-state index contributed by atoms with van der Waals surface area (Å²) in [5.74, 6) is -0.606. The maximum atomic E-state index is 12.9. The van der Waals surface area contributed by atoms with Gasteiger partial charge in [0, 0.05) is 17.0 Å². The van der Waals surface area contributed by atoms with Gasteiger partial charge in [0.1, 0.15) is 11.1 Å². The highest BCUT2D eigenvalue weighted by atomic mass is 35.5. The van der Waals surface area contributed by atoms with Gasteiger partial charge >= 0.3 is 0 Å². The lowest BCUT2D eigenvalue weighted by Crippen LogP contribution is -2.31. The van der Waals surface area contributed by atoms with E-state index in [1.54, 1.807) is 36.4 Å². The molecular formula is C22H14ClN3O2S. The summed E-state index contributed by atoms with van der Waals surface area (Å²) in [6.07, 6.45) is 0.0498. The summed E-state index contributed by atoms with van der Waals surface area (Å²) in [5, 5.41) is 9.78. The van der Waals surface area contributed by atoms with Gasteiger partial charge in [-0.3, -0.25) is 9.59 Å². The van der Waals surface area contributed by atoms with Crippen molar-refractivity contribution in [2.45, 2.75) is 16.7 Å². The van der Waals surface area contributed by atoms with Gasteiger partial charge in [-0.1, -0.05) is 53.7 Å². The van der Waals surface area contributed by atoms with Crippen LogP contribution in [0.3, 0.4) is 0 Å². The molecule has 5 nitrogen and oxygen atoms in total. The summed E-state index contributed by atoms with van der Waals surface area (Å²) in [4.78, 5) is 31.1. The average molecular weight is 420 g/mol. The van der Waals surface area contributed by atoms with Crippen LogP contribution in [0.15, 0.2) is 71.8 Å². The molecule has 1 aliphatic rings. The molecule has 2 amide bonds. The second-order valence-corrected chi connectivity index (χ2v) is 8.01. The minimum Gasteiger partial charge on any atom is -0.274 e. The number of anilines is 1. The Balaban J connectivity index is 1.62. The highest BCUT2D eigenvalue weighted by molar-refractivity contribution is 8.00. The Morgan fingerprint density at radius 3 is 2.45 bits per heavy atom. The first kappa shape index (κ1) is 19.2. The van der Waals surface area contributed by atoms with Gasteiger partial charge in [-0.25, -0.2) is 9.88 Å². The summed E-state index contributed by atoms with van der Waals surface area (Å²) in [7, 11) is 0. The molecule has 2 heterocycles. The molecule has 4 rings (SSSR count). The molecule has 0 aliphatic carbocycles. The van der Waals surface area contributed by atoms with Crippen LogP contribution >= 0.6 is 23.4 Å². The van der Waals surface area contributed by atoms with E-state index in [9.17, 15) is 14.9 Å². The first-order valence-electron chi connectivity index (χ1n) is 8.82. The lowest BCUT2D eigenvalue weighted by Gasteiger charge is -2.15. The van der Waals surface area contributed by atoms with E-state index < -0.39 is 5.25 Å². The Morgan fingerprint density at radius 2 is 1.76 bits per heavy atom. The fourth-order valence-electron chi connectivity index (χ4n) is 3.08. The van der Waals surface area contributed by atoms with Crippen LogP contribution < -0.4 is 4.90 Å². The summed E-state index contributed by atoms with van der Waals surface area (Å²) in [6, 6.07) is 21.7. The first-order valence-corrected chi connectivity index (χ1v) is 10.1. The predicted octanol–water partition coefficient (Wildman–Crippen LogP) is 4.70. The third-order valence-electron chi connectivity index (χ3n) is 4.49. The maximum absolute atomic E-state index is 12.9. The molecule has 142 valence electrons. The molecule has 0 radical (unpaired) electrons. The molecule has 29 heavy (non-hydrogen) atoms. The monoisotopic (exact) mass is 419 g/mol. The Kier molecular flexibility index (Phi) is 5.34. The summed E-state index contributed by atoms with van der Waals surface area (Å²) < 4.78 is 0. The van der Waals surface area contributed by atoms with Gasteiger partial charge in [-0.05, 0) is 36.4 Å². The van der Waals surface area contributed by atoms with E-state index in [-0.39, 0.29) is 18.2 Å².